The van der Waals surface area contributed by atoms with Crippen LogP contribution in [0.2, 0.25) is 0 Å². The number of carbonyl (C=O) groups excluding carboxylic acids is 1. The molecule has 25 heavy (non-hydrogen) atoms. The Morgan fingerprint density at radius 2 is 1.92 bits per heavy atom. The summed E-state index contributed by atoms with van der Waals surface area (Å²) in [6, 6.07) is 18.0. The zero-order chi connectivity index (χ0) is 16.9. The van der Waals surface area contributed by atoms with Gasteiger partial charge in [0.25, 0.3) is 5.91 Å². The fourth-order valence-corrected chi connectivity index (χ4v) is 2.97. The summed E-state index contributed by atoms with van der Waals surface area (Å²) in [6.07, 6.45) is 0. The van der Waals surface area contributed by atoms with Gasteiger partial charge in [0, 0.05) is 30.7 Å². The first-order valence-electron chi connectivity index (χ1n) is 8.46. The second kappa shape index (κ2) is 8.88. The summed E-state index contributed by atoms with van der Waals surface area (Å²) in [5.74, 6) is 0.793. The van der Waals surface area contributed by atoms with Crippen molar-refractivity contribution in [1.29, 1.82) is 0 Å². The van der Waals surface area contributed by atoms with Gasteiger partial charge >= 0.3 is 0 Å². The predicted octanol–water partition coefficient (Wildman–Crippen LogP) is 3.51. The molecule has 0 aromatic heterocycles. The molecule has 134 valence electrons. The Morgan fingerprint density at radius 3 is 2.68 bits per heavy atom. The third kappa shape index (κ3) is 4.74. The molecule has 0 spiro atoms. The monoisotopic (exact) mass is 360 g/mol. The first-order chi connectivity index (χ1) is 11.6. The van der Waals surface area contributed by atoms with Crippen LogP contribution in [0.3, 0.4) is 0 Å². The van der Waals surface area contributed by atoms with Crippen molar-refractivity contribution in [2.75, 3.05) is 13.1 Å². The third-order valence-electron chi connectivity index (χ3n) is 4.62. The van der Waals surface area contributed by atoms with Crippen molar-refractivity contribution in [3.8, 4) is 5.75 Å². The molecule has 2 aromatic rings. The number of halogens is 1. The molecule has 2 unspecified atom stereocenters. The topological polar surface area (TPSA) is 41.6 Å². The van der Waals surface area contributed by atoms with E-state index in [1.165, 1.54) is 0 Å². The van der Waals surface area contributed by atoms with Crippen molar-refractivity contribution in [1.82, 2.24) is 10.2 Å². The quantitative estimate of drug-likeness (QED) is 0.907. The standard InChI is InChI=1S/C20H24N2O2.ClH/c1-15-16(2)22(12-11-21-15)20(23)18-9-6-10-19(13-18)24-14-17-7-4-3-5-8-17;/h3-10,13,15-16,21H,11-12,14H2,1-2H3;1H. The fraction of sp³-hybridized carbons (Fsp3) is 0.350. The number of hydrogen-bond acceptors (Lipinski definition) is 3. The van der Waals surface area contributed by atoms with E-state index in [4.69, 9.17) is 4.74 Å². The molecule has 1 saturated heterocycles. The van der Waals surface area contributed by atoms with Crippen molar-refractivity contribution in [3.63, 3.8) is 0 Å². The number of nitrogens with zero attached hydrogens (tertiary/aromatic N) is 1. The predicted molar refractivity (Wildman–Crippen MR) is 102 cm³/mol. The van der Waals surface area contributed by atoms with Gasteiger partial charge in [-0.15, -0.1) is 12.4 Å². The third-order valence-corrected chi connectivity index (χ3v) is 4.62. The molecule has 5 heteroatoms. The summed E-state index contributed by atoms with van der Waals surface area (Å²) >= 11 is 0. The van der Waals surface area contributed by atoms with Crippen molar-refractivity contribution < 1.29 is 9.53 Å². The molecule has 1 N–H and O–H groups in total. The highest BCUT2D eigenvalue weighted by Gasteiger charge is 2.28. The highest BCUT2D eigenvalue weighted by atomic mass is 35.5. The van der Waals surface area contributed by atoms with Crippen LogP contribution in [0.4, 0.5) is 0 Å². The lowest BCUT2D eigenvalue weighted by atomic mass is 10.1. The smallest absolute Gasteiger partial charge is 0.254 e. The lowest BCUT2D eigenvalue weighted by Gasteiger charge is -2.38. The van der Waals surface area contributed by atoms with E-state index in [9.17, 15) is 4.79 Å². The number of benzene rings is 2. The number of nitrogens with one attached hydrogen (secondary N) is 1. The van der Waals surface area contributed by atoms with Gasteiger partial charge in [-0.25, -0.2) is 0 Å². The average molecular weight is 361 g/mol. The van der Waals surface area contributed by atoms with Gasteiger partial charge in [-0.05, 0) is 37.6 Å². The van der Waals surface area contributed by atoms with Crippen molar-refractivity contribution >= 4 is 18.3 Å². The number of piperazine rings is 1. The zero-order valence-corrected chi connectivity index (χ0v) is 15.5. The Kier molecular flexibility index (Phi) is 6.85. The van der Waals surface area contributed by atoms with Gasteiger partial charge in [0.2, 0.25) is 0 Å². The first kappa shape index (κ1) is 19.3. The molecular formula is C20H25ClN2O2. The molecule has 1 aliphatic heterocycles. The van der Waals surface area contributed by atoms with E-state index in [2.05, 4.69) is 19.2 Å². The molecule has 2 aromatic carbocycles. The molecule has 0 aliphatic carbocycles. The molecule has 4 nitrogen and oxygen atoms in total. The Bertz CT molecular complexity index is 693. The first-order valence-corrected chi connectivity index (χ1v) is 8.46. The number of hydrogen-bond donors (Lipinski definition) is 1. The number of ether oxygens (including phenoxy) is 1. The highest BCUT2D eigenvalue weighted by Crippen LogP contribution is 2.19. The lowest BCUT2D eigenvalue weighted by molar-refractivity contribution is 0.0602. The summed E-state index contributed by atoms with van der Waals surface area (Å²) in [4.78, 5) is 14.8. The van der Waals surface area contributed by atoms with Crippen LogP contribution in [-0.2, 0) is 6.61 Å². The van der Waals surface area contributed by atoms with Crippen molar-refractivity contribution in [2.24, 2.45) is 0 Å². The Hall–Kier alpha value is -2.04. The maximum Gasteiger partial charge on any atom is 0.254 e. The Labute approximate surface area is 155 Å². The minimum atomic E-state index is 0. The van der Waals surface area contributed by atoms with Gasteiger partial charge < -0.3 is 15.0 Å². The van der Waals surface area contributed by atoms with Crippen LogP contribution < -0.4 is 10.1 Å². The largest absolute Gasteiger partial charge is 0.489 e. The van der Waals surface area contributed by atoms with E-state index >= 15 is 0 Å². The number of carbonyl (C=O) groups is 1. The second-order valence-corrected chi connectivity index (χ2v) is 6.28. The van der Waals surface area contributed by atoms with Crippen LogP contribution in [0.15, 0.2) is 54.6 Å². The highest BCUT2D eigenvalue weighted by molar-refractivity contribution is 5.95. The molecule has 0 radical (unpaired) electrons. The van der Waals surface area contributed by atoms with Gasteiger partial charge in [-0.2, -0.15) is 0 Å². The SMILES string of the molecule is CC1NCCN(C(=O)c2cccc(OCc3ccccc3)c2)C1C.Cl. The minimum Gasteiger partial charge on any atom is -0.489 e. The molecule has 1 aliphatic rings. The van der Waals surface area contributed by atoms with Crippen molar-refractivity contribution in [2.45, 2.75) is 32.5 Å². The van der Waals surface area contributed by atoms with E-state index in [-0.39, 0.29) is 24.4 Å². The summed E-state index contributed by atoms with van der Waals surface area (Å²) in [6.45, 7) is 6.27. The number of rotatable bonds is 4. The van der Waals surface area contributed by atoms with Gasteiger partial charge in [-0.1, -0.05) is 36.4 Å². The number of amides is 1. The molecule has 0 saturated carbocycles. The van der Waals surface area contributed by atoms with Crippen LogP contribution in [-0.4, -0.2) is 36.0 Å². The molecular weight excluding hydrogens is 336 g/mol. The average Bonchev–Trinajstić information content (AvgIpc) is 2.63. The van der Waals surface area contributed by atoms with E-state index in [1.54, 1.807) is 0 Å². The summed E-state index contributed by atoms with van der Waals surface area (Å²) < 4.78 is 5.84. The molecule has 0 bridgehead atoms. The summed E-state index contributed by atoms with van der Waals surface area (Å²) in [5, 5.41) is 3.40. The van der Waals surface area contributed by atoms with Gasteiger partial charge in [0.05, 0.1) is 0 Å². The lowest BCUT2D eigenvalue weighted by Crippen LogP contribution is -2.57. The van der Waals surface area contributed by atoms with E-state index in [0.29, 0.717) is 18.2 Å². The van der Waals surface area contributed by atoms with Crippen LogP contribution in [0, 0.1) is 0 Å². The Morgan fingerprint density at radius 1 is 1.16 bits per heavy atom. The van der Waals surface area contributed by atoms with Crippen LogP contribution in [0.1, 0.15) is 29.8 Å². The maximum absolute atomic E-state index is 12.8. The van der Waals surface area contributed by atoms with Crippen LogP contribution in [0.5, 0.6) is 5.75 Å². The summed E-state index contributed by atoms with van der Waals surface area (Å²) in [5.41, 5.74) is 1.79. The van der Waals surface area contributed by atoms with E-state index in [0.717, 1.165) is 24.4 Å². The zero-order valence-electron chi connectivity index (χ0n) is 14.6. The molecule has 1 fully saturated rings. The van der Waals surface area contributed by atoms with E-state index in [1.807, 2.05) is 59.5 Å². The Balaban J connectivity index is 0.00000225. The normalized spacial score (nSPS) is 19.8. The molecule has 3 rings (SSSR count). The van der Waals surface area contributed by atoms with Crippen LogP contribution >= 0.6 is 12.4 Å². The van der Waals surface area contributed by atoms with Gasteiger partial charge in [-0.3, -0.25) is 4.79 Å². The van der Waals surface area contributed by atoms with Crippen LogP contribution in [0.25, 0.3) is 0 Å². The van der Waals surface area contributed by atoms with Gasteiger partial charge in [0.1, 0.15) is 12.4 Å². The van der Waals surface area contributed by atoms with Crippen molar-refractivity contribution in [3.05, 3.63) is 65.7 Å². The fourth-order valence-electron chi connectivity index (χ4n) is 2.97. The van der Waals surface area contributed by atoms with Gasteiger partial charge in [0.15, 0.2) is 0 Å². The minimum absolute atomic E-state index is 0. The summed E-state index contributed by atoms with van der Waals surface area (Å²) in [7, 11) is 0. The van der Waals surface area contributed by atoms with E-state index < -0.39 is 0 Å². The second-order valence-electron chi connectivity index (χ2n) is 6.28. The molecule has 1 heterocycles. The maximum atomic E-state index is 12.8. The molecule has 1 amide bonds. The molecule has 2 atom stereocenters.